The molecule has 1 amide bonds. The van der Waals surface area contributed by atoms with Crippen molar-refractivity contribution in [2.24, 2.45) is 0 Å². The lowest BCUT2D eigenvalue weighted by Crippen LogP contribution is -2.35. The minimum Gasteiger partial charge on any atom is -0.312 e. The molecule has 0 bridgehead atoms. The first kappa shape index (κ1) is 12.9. The summed E-state index contributed by atoms with van der Waals surface area (Å²) in [5.74, 6) is 0.238. The molecule has 0 N–H and O–H groups in total. The topological polar surface area (TPSA) is 33.2 Å². The van der Waals surface area contributed by atoms with Crippen LogP contribution >= 0.6 is 0 Å². The molecule has 20 heavy (non-hydrogen) atoms. The molecular formula is C17H18N2O. The molecule has 0 spiro atoms. The van der Waals surface area contributed by atoms with Gasteiger partial charge in [-0.15, -0.1) is 0 Å². The summed E-state index contributed by atoms with van der Waals surface area (Å²) in [4.78, 5) is 18.1. The van der Waals surface area contributed by atoms with Crippen LogP contribution in [0.5, 0.6) is 0 Å². The first-order chi connectivity index (χ1) is 9.75. The lowest BCUT2D eigenvalue weighted by atomic mass is 10.0. The van der Waals surface area contributed by atoms with E-state index in [1.807, 2.05) is 30.0 Å². The van der Waals surface area contributed by atoms with Crippen LogP contribution in [0, 0.1) is 6.92 Å². The van der Waals surface area contributed by atoms with Gasteiger partial charge in [-0.3, -0.25) is 9.78 Å². The van der Waals surface area contributed by atoms with Crippen LogP contribution in [-0.2, 0) is 4.79 Å². The molecule has 0 unspecified atom stereocenters. The van der Waals surface area contributed by atoms with Crippen LogP contribution in [0.4, 0.5) is 5.69 Å². The quantitative estimate of drug-likeness (QED) is 0.832. The summed E-state index contributed by atoms with van der Waals surface area (Å²) < 4.78 is 0. The molecule has 0 aliphatic carbocycles. The van der Waals surface area contributed by atoms with Crippen molar-refractivity contribution in [3.63, 3.8) is 0 Å². The van der Waals surface area contributed by atoms with Crippen molar-refractivity contribution < 1.29 is 4.79 Å². The minimum absolute atomic E-state index is 0.238. The number of benzene rings is 1. The minimum atomic E-state index is 0.238. The van der Waals surface area contributed by atoms with E-state index in [9.17, 15) is 4.79 Å². The molecule has 0 atom stereocenters. The average molecular weight is 266 g/mol. The molecule has 1 aromatic carbocycles. The predicted octanol–water partition coefficient (Wildman–Crippen LogP) is 3.57. The maximum absolute atomic E-state index is 11.9. The highest BCUT2D eigenvalue weighted by molar-refractivity contribution is 5.94. The third-order valence-corrected chi connectivity index (χ3v) is 3.82. The molecule has 2 aromatic rings. The Labute approximate surface area is 119 Å². The molecule has 0 radical (unpaired) electrons. The molecule has 1 fully saturated rings. The first-order valence-electron chi connectivity index (χ1n) is 7.08. The van der Waals surface area contributed by atoms with Gasteiger partial charge in [0.2, 0.25) is 5.91 Å². The number of rotatable bonds is 2. The van der Waals surface area contributed by atoms with Gasteiger partial charge in [0, 0.05) is 36.1 Å². The van der Waals surface area contributed by atoms with Crippen LogP contribution in [-0.4, -0.2) is 17.4 Å². The van der Waals surface area contributed by atoms with E-state index in [-0.39, 0.29) is 5.91 Å². The summed E-state index contributed by atoms with van der Waals surface area (Å²) in [6.45, 7) is 2.85. The Morgan fingerprint density at radius 2 is 1.90 bits per heavy atom. The molecule has 3 rings (SSSR count). The van der Waals surface area contributed by atoms with Gasteiger partial charge in [0.05, 0.1) is 0 Å². The van der Waals surface area contributed by atoms with E-state index in [1.54, 1.807) is 6.20 Å². The zero-order valence-electron chi connectivity index (χ0n) is 11.7. The SMILES string of the molecule is Cc1ncccc1-c1ccc(N2CCCCC2=O)cc1. The molecular weight excluding hydrogens is 248 g/mol. The van der Waals surface area contributed by atoms with Gasteiger partial charge in [-0.25, -0.2) is 0 Å². The molecule has 1 aliphatic heterocycles. The third-order valence-electron chi connectivity index (χ3n) is 3.82. The van der Waals surface area contributed by atoms with Crippen LogP contribution in [0.25, 0.3) is 11.1 Å². The van der Waals surface area contributed by atoms with E-state index in [1.165, 1.54) is 0 Å². The van der Waals surface area contributed by atoms with Crippen LogP contribution in [0.2, 0.25) is 0 Å². The Balaban J connectivity index is 1.88. The largest absolute Gasteiger partial charge is 0.312 e. The van der Waals surface area contributed by atoms with Gasteiger partial charge in [-0.05, 0) is 43.5 Å². The molecule has 3 nitrogen and oxygen atoms in total. The number of carbonyl (C=O) groups excluding carboxylic acids is 1. The van der Waals surface area contributed by atoms with Gasteiger partial charge in [0.1, 0.15) is 0 Å². The number of carbonyl (C=O) groups is 1. The van der Waals surface area contributed by atoms with Crippen LogP contribution in [0.1, 0.15) is 25.0 Å². The summed E-state index contributed by atoms with van der Waals surface area (Å²) in [7, 11) is 0. The lowest BCUT2D eigenvalue weighted by Gasteiger charge is -2.26. The van der Waals surface area contributed by atoms with Crippen molar-refractivity contribution in [2.75, 3.05) is 11.4 Å². The predicted molar refractivity (Wildman–Crippen MR) is 80.6 cm³/mol. The standard InChI is InChI=1S/C17H18N2O/c1-13-16(5-4-11-18-13)14-7-9-15(10-8-14)19-12-3-2-6-17(19)20/h4-5,7-11H,2-3,6,12H2,1H3. The van der Waals surface area contributed by atoms with Crippen molar-refractivity contribution in [1.82, 2.24) is 4.98 Å². The highest BCUT2D eigenvalue weighted by Crippen LogP contribution is 2.26. The fourth-order valence-corrected chi connectivity index (χ4v) is 2.69. The Morgan fingerprint density at radius 1 is 1.10 bits per heavy atom. The van der Waals surface area contributed by atoms with E-state index in [4.69, 9.17) is 0 Å². The van der Waals surface area contributed by atoms with Crippen LogP contribution in [0.3, 0.4) is 0 Å². The Bertz CT molecular complexity index is 619. The number of nitrogens with zero attached hydrogens (tertiary/aromatic N) is 2. The number of pyridine rings is 1. The van der Waals surface area contributed by atoms with Crippen molar-refractivity contribution in [3.05, 3.63) is 48.3 Å². The maximum Gasteiger partial charge on any atom is 0.226 e. The smallest absolute Gasteiger partial charge is 0.226 e. The molecule has 0 saturated carbocycles. The zero-order valence-corrected chi connectivity index (χ0v) is 11.7. The van der Waals surface area contributed by atoms with Crippen LogP contribution in [0.15, 0.2) is 42.6 Å². The molecule has 102 valence electrons. The molecule has 1 aliphatic rings. The van der Waals surface area contributed by atoms with E-state index >= 15 is 0 Å². The Morgan fingerprint density at radius 3 is 2.60 bits per heavy atom. The normalized spacial score (nSPS) is 15.4. The highest BCUT2D eigenvalue weighted by Gasteiger charge is 2.19. The van der Waals surface area contributed by atoms with Crippen LogP contribution < -0.4 is 4.90 Å². The number of aryl methyl sites for hydroxylation is 1. The first-order valence-corrected chi connectivity index (χ1v) is 7.08. The van der Waals surface area contributed by atoms with E-state index in [0.29, 0.717) is 6.42 Å². The molecule has 3 heteroatoms. The highest BCUT2D eigenvalue weighted by atomic mass is 16.2. The molecule has 1 saturated heterocycles. The van der Waals surface area contributed by atoms with E-state index < -0.39 is 0 Å². The molecule has 1 aromatic heterocycles. The van der Waals surface area contributed by atoms with Crippen molar-refractivity contribution in [3.8, 4) is 11.1 Å². The van der Waals surface area contributed by atoms with Crippen molar-refractivity contribution >= 4 is 11.6 Å². The van der Waals surface area contributed by atoms with Crippen molar-refractivity contribution in [1.29, 1.82) is 0 Å². The van der Waals surface area contributed by atoms with Gasteiger partial charge in [0.25, 0.3) is 0 Å². The summed E-state index contributed by atoms with van der Waals surface area (Å²) in [6.07, 6.45) is 4.58. The third kappa shape index (κ3) is 2.44. The van der Waals surface area contributed by atoms with Gasteiger partial charge in [0.15, 0.2) is 0 Å². The fraction of sp³-hybridized carbons (Fsp3) is 0.294. The number of amides is 1. The summed E-state index contributed by atoms with van der Waals surface area (Å²) in [6, 6.07) is 12.2. The Kier molecular flexibility index (Phi) is 3.50. The van der Waals surface area contributed by atoms with Gasteiger partial charge in [-0.2, -0.15) is 0 Å². The fourth-order valence-electron chi connectivity index (χ4n) is 2.69. The Hall–Kier alpha value is -2.16. The van der Waals surface area contributed by atoms with Gasteiger partial charge in [-0.1, -0.05) is 18.2 Å². The van der Waals surface area contributed by atoms with Gasteiger partial charge >= 0.3 is 0 Å². The second-order valence-electron chi connectivity index (χ2n) is 5.19. The van der Waals surface area contributed by atoms with Gasteiger partial charge < -0.3 is 4.90 Å². The number of anilines is 1. The molecule has 2 heterocycles. The average Bonchev–Trinajstić information content (AvgIpc) is 2.49. The second-order valence-corrected chi connectivity index (χ2v) is 5.19. The number of piperidine rings is 1. The van der Waals surface area contributed by atoms with E-state index in [2.05, 4.69) is 23.2 Å². The zero-order chi connectivity index (χ0) is 13.9. The summed E-state index contributed by atoms with van der Waals surface area (Å²) in [5.41, 5.74) is 4.31. The number of hydrogen-bond donors (Lipinski definition) is 0. The second kappa shape index (κ2) is 5.45. The maximum atomic E-state index is 11.9. The lowest BCUT2D eigenvalue weighted by molar-refractivity contribution is -0.119. The van der Waals surface area contributed by atoms with E-state index in [0.717, 1.165) is 41.9 Å². The van der Waals surface area contributed by atoms with Crippen molar-refractivity contribution in [2.45, 2.75) is 26.2 Å². The monoisotopic (exact) mass is 266 g/mol. The number of hydrogen-bond acceptors (Lipinski definition) is 2. The summed E-state index contributed by atoms with van der Waals surface area (Å²) >= 11 is 0. The number of aromatic nitrogens is 1. The summed E-state index contributed by atoms with van der Waals surface area (Å²) in [5, 5.41) is 0.